The molecule has 1 fully saturated rings. The van der Waals surface area contributed by atoms with E-state index in [1.807, 2.05) is 28.8 Å². The van der Waals surface area contributed by atoms with E-state index in [1.54, 1.807) is 29.8 Å². The first-order valence-electron chi connectivity index (χ1n) is 6.98. The quantitative estimate of drug-likeness (QED) is 0.800. The highest BCUT2D eigenvalue weighted by Crippen LogP contribution is 2.36. The molecule has 0 saturated carbocycles. The van der Waals surface area contributed by atoms with E-state index in [1.165, 1.54) is 4.88 Å². The second-order valence-electron chi connectivity index (χ2n) is 4.84. The average Bonchev–Trinajstić information content (AvgIpc) is 3.15. The van der Waals surface area contributed by atoms with Gasteiger partial charge in [-0.25, -0.2) is 0 Å². The van der Waals surface area contributed by atoms with Crippen molar-refractivity contribution in [2.45, 2.75) is 11.7 Å². The summed E-state index contributed by atoms with van der Waals surface area (Å²) in [6.45, 7) is 1.63. The van der Waals surface area contributed by atoms with Gasteiger partial charge in [-0.2, -0.15) is 11.8 Å². The summed E-state index contributed by atoms with van der Waals surface area (Å²) >= 11 is 3.76. The van der Waals surface area contributed by atoms with Gasteiger partial charge in [-0.3, -0.25) is 4.79 Å². The maximum Gasteiger partial charge on any atom is 0.246 e. The molecule has 3 heterocycles. The first-order valence-corrected chi connectivity index (χ1v) is 8.91. The van der Waals surface area contributed by atoms with Crippen LogP contribution >= 0.6 is 23.1 Å². The van der Waals surface area contributed by atoms with Gasteiger partial charge in [0, 0.05) is 35.0 Å². The number of hydrogen-bond donors (Lipinski definition) is 0. The highest BCUT2D eigenvalue weighted by atomic mass is 32.2. The van der Waals surface area contributed by atoms with Crippen molar-refractivity contribution in [1.82, 2.24) is 4.90 Å². The van der Waals surface area contributed by atoms with Crippen molar-refractivity contribution in [3.63, 3.8) is 0 Å². The van der Waals surface area contributed by atoms with Crippen molar-refractivity contribution >= 4 is 35.1 Å². The van der Waals surface area contributed by atoms with Crippen molar-refractivity contribution in [3.8, 4) is 0 Å². The first kappa shape index (κ1) is 14.5. The molecule has 1 atom stereocenters. The maximum atomic E-state index is 12.2. The minimum atomic E-state index is 0.0684. The van der Waals surface area contributed by atoms with Crippen LogP contribution in [0, 0.1) is 0 Å². The van der Waals surface area contributed by atoms with E-state index in [9.17, 15) is 4.79 Å². The van der Waals surface area contributed by atoms with Crippen molar-refractivity contribution in [2.24, 2.45) is 0 Å². The van der Waals surface area contributed by atoms with E-state index in [2.05, 4.69) is 17.5 Å². The van der Waals surface area contributed by atoms with Crippen LogP contribution in [-0.2, 0) is 4.79 Å². The minimum absolute atomic E-state index is 0.0684. The standard InChI is InChI=1S/C16H17NO2S2/c18-16(6-5-13-3-1-10-19-13)17-8-7-15(21-12-9-17)14-4-2-11-20-14/h1-6,10-11,15H,7-9,12H2/b6-5+/t15-/m1/s1. The lowest BCUT2D eigenvalue weighted by Gasteiger charge is -2.18. The van der Waals surface area contributed by atoms with Crippen molar-refractivity contribution in [3.05, 3.63) is 52.6 Å². The molecule has 0 N–H and O–H groups in total. The number of thiophene rings is 1. The van der Waals surface area contributed by atoms with Crippen LogP contribution < -0.4 is 0 Å². The molecule has 2 aromatic heterocycles. The third-order valence-electron chi connectivity index (χ3n) is 3.45. The molecule has 3 rings (SSSR count). The number of rotatable bonds is 3. The van der Waals surface area contributed by atoms with Crippen LogP contribution in [0.3, 0.4) is 0 Å². The molecule has 3 nitrogen and oxygen atoms in total. The second-order valence-corrected chi connectivity index (χ2v) is 7.13. The second kappa shape index (κ2) is 7.00. The first-order chi connectivity index (χ1) is 10.3. The Labute approximate surface area is 132 Å². The van der Waals surface area contributed by atoms with Crippen molar-refractivity contribution in [1.29, 1.82) is 0 Å². The molecule has 0 spiro atoms. The molecule has 1 saturated heterocycles. The fraction of sp³-hybridized carbons (Fsp3) is 0.312. The van der Waals surface area contributed by atoms with Crippen LogP contribution in [0.25, 0.3) is 6.08 Å². The smallest absolute Gasteiger partial charge is 0.246 e. The van der Waals surface area contributed by atoms with Crippen LogP contribution in [0.15, 0.2) is 46.4 Å². The van der Waals surface area contributed by atoms with E-state index in [0.29, 0.717) is 11.0 Å². The van der Waals surface area contributed by atoms with Gasteiger partial charge in [0.05, 0.1) is 6.26 Å². The maximum absolute atomic E-state index is 12.2. The predicted octanol–water partition coefficient (Wildman–Crippen LogP) is 4.06. The Morgan fingerprint density at radius 3 is 3.05 bits per heavy atom. The molecule has 5 heteroatoms. The zero-order valence-corrected chi connectivity index (χ0v) is 13.2. The Morgan fingerprint density at radius 2 is 2.29 bits per heavy atom. The molecular formula is C16H17NO2S2. The summed E-state index contributed by atoms with van der Waals surface area (Å²) in [4.78, 5) is 15.6. The van der Waals surface area contributed by atoms with Gasteiger partial charge in [0.2, 0.25) is 5.91 Å². The average molecular weight is 319 g/mol. The minimum Gasteiger partial charge on any atom is -0.465 e. The van der Waals surface area contributed by atoms with E-state index in [-0.39, 0.29) is 5.91 Å². The number of carbonyl (C=O) groups is 1. The van der Waals surface area contributed by atoms with Crippen LogP contribution in [0.2, 0.25) is 0 Å². The molecular weight excluding hydrogens is 302 g/mol. The summed E-state index contributed by atoms with van der Waals surface area (Å²) in [6.07, 6.45) is 5.97. The molecule has 1 aliphatic rings. The summed E-state index contributed by atoms with van der Waals surface area (Å²) < 4.78 is 5.20. The van der Waals surface area contributed by atoms with Crippen LogP contribution in [0.1, 0.15) is 22.3 Å². The molecule has 110 valence electrons. The van der Waals surface area contributed by atoms with E-state index < -0.39 is 0 Å². The molecule has 1 aliphatic heterocycles. The van der Waals surface area contributed by atoms with Gasteiger partial charge in [0.1, 0.15) is 5.76 Å². The normalized spacial score (nSPS) is 19.8. The summed E-state index contributed by atoms with van der Waals surface area (Å²) in [5, 5.41) is 2.65. The molecule has 0 aromatic carbocycles. The molecule has 0 radical (unpaired) electrons. The fourth-order valence-electron chi connectivity index (χ4n) is 2.34. The SMILES string of the molecule is O=C(/C=C/c1ccco1)N1CCS[C@@H](c2cccs2)CC1. The van der Waals surface area contributed by atoms with Gasteiger partial charge >= 0.3 is 0 Å². The molecule has 21 heavy (non-hydrogen) atoms. The lowest BCUT2D eigenvalue weighted by Crippen LogP contribution is -2.31. The number of hydrogen-bond acceptors (Lipinski definition) is 4. The zero-order chi connectivity index (χ0) is 14.5. The largest absolute Gasteiger partial charge is 0.465 e. The number of carbonyl (C=O) groups excluding carboxylic acids is 1. The lowest BCUT2D eigenvalue weighted by molar-refractivity contribution is -0.125. The Balaban J connectivity index is 1.58. The van der Waals surface area contributed by atoms with Gasteiger partial charge < -0.3 is 9.32 Å². The highest BCUT2D eigenvalue weighted by molar-refractivity contribution is 7.99. The van der Waals surface area contributed by atoms with Gasteiger partial charge in [-0.1, -0.05) is 6.07 Å². The summed E-state index contributed by atoms with van der Waals surface area (Å²) in [5.41, 5.74) is 0. The Hall–Kier alpha value is -1.46. The molecule has 0 aliphatic carbocycles. The van der Waals surface area contributed by atoms with Crippen LogP contribution in [0.5, 0.6) is 0 Å². The van der Waals surface area contributed by atoms with Crippen molar-refractivity contribution < 1.29 is 9.21 Å². The summed E-state index contributed by atoms with van der Waals surface area (Å²) in [5.74, 6) is 1.77. The van der Waals surface area contributed by atoms with Crippen molar-refractivity contribution in [2.75, 3.05) is 18.8 Å². The zero-order valence-electron chi connectivity index (χ0n) is 11.6. The Morgan fingerprint density at radius 1 is 1.33 bits per heavy atom. The Bertz CT molecular complexity index is 590. The number of amides is 1. The topological polar surface area (TPSA) is 33.5 Å². The van der Waals surface area contributed by atoms with E-state index in [0.717, 1.165) is 25.3 Å². The molecule has 2 aromatic rings. The number of thioether (sulfide) groups is 1. The number of furan rings is 1. The van der Waals surface area contributed by atoms with Crippen LogP contribution in [0.4, 0.5) is 0 Å². The third kappa shape index (κ3) is 3.80. The molecule has 0 unspecified atom stereocenters. The predicted molar refractivity (Wildman–Crippen MR) is 88.5 cm³/mol. The van der Waals surface area contributed by atoms with E-state index >= 15 is 0 Å². The number of nitrogens with zero attached hydrogens (tertiary/aromatic N) is 1. The highest BCUT2D eigenvalue weighted by Gasteiger charge is 2.21. The summed E-state index contributed by atoms with van der Waals surface area (Å²) in [6, 6.07) is 7.95. The molecule has 0 bridgehead atoms. The van der Waals surface area contributed by atoms with Gasteiger partial charge in [0.15, 0.2) is 0 Å². The van der Waals surface area contributed by atoms with E-state index in [4.69, 9.17) is 4.42 Å². The molecule has 1 amide bonds. The van der Waals surface area contributed by atoms with Gasteiger partial charge in [-0.05, 0) is 36.1 Å². The van der Waals surface area contributed by atoms with Crippen LogP contribution in [-0.4, -0.2) is 29.6 Å². The lowest BCUT2D eigenvalue weighted by atomic mass is 10.2. The Kier molecular flexibility index (Phi) is 4.83. The van der Waals surface area contributed by atoms with Gasteiger partial charge in [-0.15, -0.1) is 11.3 Å². The summed E-state index contributed by atoms with van der Waals surface area (Å²) in [7, 11) is 0. The third-order valence-corrected chi connectivity index (χ3v) is 5.89. The fourth-order valence-corrected chi connectivity index (χ4v) is 4.57. The monoisotopic (exact) mass is 319 g/mol. The van der Waals surface area contributed by atoms with Gasteiger partial charge in [0.25, 0.3) is 0 Å².